The number of fused-ring (bicyclic) bond motifs is 1. The number of ether oxygens (including phenoxy) is 2. The first kappa shape index (κ1) is 26.5. The summed E-state index contributed by atoms with van der Waals surface area (Å²) in [4.78, 5) is 17.9. The molecule has 11 nitrogen and oxygen atoms in total. The summed E-state index contributed by atoms with van der Waals surface area (Å²) in [5.41, 5.74) is 4.42. The molecule has 0 bridgehead atoms. The fourth-order valence-electron chi connectivity index (χ4n) is 4.80. The first-order valence-electron chi connectivity index (χ1n) is 13.1. The lowest BCUT2D eigenvalue weighted by atomic mass is 9.95. The fraction of sp³-hybridized carbons (Fsp3) is 0.233. The van der Waals surface area contributed by atoms with Gasteiger partial charge in [-0.25, -0.2) is 4.98 Å². The van der Waals surface area contributed by atoms with Gasteiger partial charge in [0.15, 0.2) is 6.29 Å². The predicted octanol–water partition coefficient (Wildman–Crippen LogP) is 5.39. The molecule has 6 rings (SSSR count). The molecule has 0 aliphatic carbocycles. The van der Waals surface area contributed by atoms with Gasteiger partial charge in [-0.1, -0.05) is 41.6 Å². The second-order valence-corrected chi connectivity index (χ2v) is 10.0. The summed E-state index contributed by atoms with van der Waals surface area (Å²) in [6, 6.07) is 18.7. The summed E-state index contributed by atoms with van der Waals surface area (Å²) in [6.45, 7) is 3.85. The number of methoxy groups -OCH3 is 1. The Kier molecular flexibility index (Phi) is 7.14. The van der Waals surface area contributed by atoms with E-state index >= 15 is 0 Å². The van der Waals surface area contributed by atoms with E-state index in [-0.39, 0.29) is 12.5 Å². The Morgan fingerprint density at radius 1 is 1.05 bits per heavy atom. The van der Waals surface area contributed by atoms with E-state index < -0.39 is 17.9 Å². The van der Waals surface area contributed by atoms with Crippen LogP contribution < -0.4 is 10.6 Å². The van der Waals surface area contributed by atoms with Crippen LogP contribution in [0, 0.1) is 0 Å². The quantitative estimate of drug-likeness (QED) is 0.217. The Morgan fingerprint density at radius 3 is 2.61 bits per heavy atom. The maximum Gasteiger partial charge on any atom is 0.263 e. The van der Waals surface area contributed by atoms with E-state index in [4.69, 9.17) is 19.0 Å². The number of anilines is 3. The third-order valence-electron chi connectivity index (χ3n) is 6.91. The van der Waals surface area contributed by atoms with Gasteiger partial charge in [-0.15, -0.1) is 0 Å². The van der Waals surface area contributed by atoms with Crippen LogP contribution >= 0.6 is 0 Å². The van der Waals surface area contributed by atoms with Gasteiger partial charge in [0.05, 0.1) is 18.2 Å². The second kappa shape index (κ2) is 11.0. The Hall–Kier alpha value is -4.71. The van der Waals surface area contributed by atoms with Crippen molar-refractivity contribution in [2.24, 2.45) is 0 Å². The molecule has 1 unspecified atom stereocenters. The number of hydrogen-bond donors (Lipinski definition) is 3. The van der Waals surface area contributed by atoms with Crippen molar-refractivity contribution in [1.29, 1.82) is 0 Å². The van der Waals surface area contributed by atoms with Crippen LogP contribution in [0.25, 0.3) is 22.8 Å². The molecule has 0 saturated carbocycles. The maximum absolute atomic E-state index is 10.2. The van der Waals surface area contributed by atoms with Gasteiger partial charge < -0.3 is 29.7 Å². The van der Waals surface area contributed by atoms with Crippen LogP contribution in [0.4, 0.5) is 17.5 Å². The van der Waals surface area contributed by atoms with Gasteiger partial charge in [0.1, 0.15) is 11.4 Å². The minimum Gasteiger partial charge on any atom is -0.394 e. The molecule has 0 fully saturated rings. The van der Waals surface area contributed by atoms with Gasteiger partial charge >= 0.3 is 0 Å². The molecule has 41 heavy (non-hydrogen) atoms. The molecule has 3 aromatic heterocycles. The van der Waals surface area contributed by atoms with Crippen LogP contribution in [0.1, 0.15) is 42.9 Å². The summed E-state index contributed by atoms with van der Waals surface area (Å²) < 4.78 is 17.2. The Labute approximate surface area is 236 Å². The molecule has 0 amide bonds. The van der Waals surface area contributed by atoms with E-state index in [0.717, 1.165) is 27.9 Å². The summed E-state index contributed by atoms with van der Waals surface area (Å²) in [6.07, 6.45) is 4.52. The second-order valence-electron chi connectivity index (χ2n) is 10.0. The highest BCUT2D eigenvalue weighted by molar-refractivity contribution is 5.72. The average Bonchev–Trinajstić information content (AvgIpc) is 3.59. The minimum absolute atomic E-state index is 0.164. The third kappa shape index (κ3) is 5.38. The zero-order valence-corrected chi connectivity index (χ0v) is 22.8. The lowest BCUT2D eigenvalue weighted by molar-refractivity contribution is -0.175. The number of pyridine rings is 1. The molecule has 1 aliphatic rings. The number of hydrogen-bond acceptors (Lipinski definition) is 11. The van der Waals surface area contributed by atoms with E-state index in [1.807, 2.05) is 62.4 Å². The molecular weight excluding hydrogens is 522 g/mol. The van der Waals surface area contributed by atoms with Crippen LogP contribution in [-0.2, 0) is 15.1 Å². The minimum atomic E-state index is -0.514. The normalized spacial score (nSPS) is 16.2. The smallest absolute Gasteiger partial charge is 0.263 e. The molecule has 0 spiro atoms. The molecule has 208 valence electrons. The number of nitrogens with zero attached hydrogens (tertiary/aromatic N) is 5. The molecular formula is C30H29N7O4. The van der Waals surface area contributed by atoms with Gasteiger partial charge in [0.25, 0.3) is 5.89 Å². The van der Waals surface area contributed by atoms with Crippen molar-refractivity contribution in [3.63, 3.8) is 0 Å². The third-order valence-corrected chi connectivity index (χ3v) is 6.91. The van der Waals surface area contributed by atoms with E-state index in [0.29, 0.717) is 23.2 Å². The molecule has 0 radical (unpaired) electrons. The highest BCUT2D eigenvalue weighted by Crippen LogP contribution is 2.44. The topological polar surface area (TPSA) is 140 Å². The highest BCUT2D eigenvalue weighted by atomic mass is 16.7. The lowest BCUT2D eigenvalue weighted by Gasteiger charge is -2.20. The van der Waals surface area contributed by atoms with Crippen molar-refractivity contribution in [3.8, 4) is 22.8 Å². The van der Waals surface area contributed by atoms with Crippen LogP contribution in [-0.4, -0.2) is 43.9 Å². The number of aliphatic hydroxyl groups excluding tert-OH is 1. The molecule has 3 N–H and O–H groups in total. The molecule has 2 aromatic carbocycles. The predicted molar refractivity (Wildman–Crippen MR) is 152 cm³/mol. The van der Waals surface area contributed by atoms with E-state index in [9.17, 15) is 5.11 Å². The largest absolute Gasteiger partial charge is 0.394 e. The Morgan fingerprint density at radius 2 is 1.85 bits per heavy atom. The van der Waals surface area contributed by atoms with E-state index in [1.54, 1.807) is 37.8 Å². The number of aliphatic hydroxyl groups is 1. The van der Waals surface area contributed by atoms with Crippen LogP contribution in [0.2, 0.25) is 0 Å². The van der Waals surface area contributed by atoms with Crippen LogP contribution in [0.3, 0.4) is 0 Å². The van der Waals surface area contributed by atoms with Crippen molar-refractivity contribution in [3.05, 3.63) is 95.9 Å². The highest BCUT2D eigenvalue weighted by Gasteiger charge is 2.38. The van der Waals surface area contributed by atoms with Crippen molar-refractivity contribution >= 4 is 17.5 Å². The number of rotatable bonds is 9. The standard InChI is InChI=1S/C30H29N7O4/c1-30(2)23-15-20(9-10-21(23)28(39-3)40-30)33-29-32-16-22(27-35-25(37-41-27)19-11-13-31-14-12-19)26(36-29)34-24(17-38)18-7-5-4-6-8-18/h4-16,24,28,38H,17H2,1-3H3,(H2,32,33,34,36)/t24-,28?/m1/s1. The summed E-state index contributed by atoms with van der Waals surface area (Å²) in [5.74, 6) is 1.40. The molecule has 1 aliphatic heterocycles. The first-order chi connectivity index (χ1) is 19.9. The summed E-state index contributed by atoms with van der Waals surface area (Å²) in [7, 11) is 1.63. The Balaban J connectivity index is 1.35. The number of nitrogens with one attached hydrogen (secondary N) is 2. The van der Waals surface area contributed by atoms with Gasteiger partial charge in [-0.05, 0) is 49.2 Å². The molecule has 2 atom stereocenters. The molecule has 0 saturated heterocycles. The van der Waals surface area contributed by atoms with Crippen molar-refractivity contribution < 1.29 is 19.1 Å². The van der Waals surface area contributed by atoms with Crippen LogP contribution in [0.15, 0.2) is 83.8 Å². The first-order valence-corrected chi connectivity index (χ1v) is 13.1. The van der Waals surface area contributed by atoms with Crippen molar-refractivity contribution in [2.75, 3.05) is 24.4 Å². The summed E-state index contributed by atoms with van der Waals surface area (Å²) in [5, 5.41) is 21.0. The van der Waals surface area contributed by atoms with Gasteiger partial charge in [0, 0.05) is 42.5 Å². The SMILES string of the molecule is COC1OC(C)(C)c2cc(Nc3ncc(-c4nc(-c5ccncc5)no4)c(N[C@H](CO)c4ccccc4)n3)ccc21. The summed E-state index contributed by atoms with van der Waals surface area (Å²) >= 11 is 0. The monoisotopic (exact) mass is 551 g/mol. The zero-order chi connectivity index (χ0) is 28.4. The van der Waals surface area contributed by atoms with Crippen molar-refractivity contribution in [2.45, 2.75) is 31.8 Å². The lowest BCUT2D eigenvalue weighted by Crippen LogP contribution is -2.17. The van der Waals surface area contributed by atoms with Gasteiger partial charge in [0.2, 0.25) is 11.8 Å². The number of benzene rings is 2. The maximum atomic E-state index is 10.2. The van der Waals surface area contributed by atoms with Gasteiger partial charge in [-0.2, -0.15) is 9.97 Å². The van der Waals surface area contributed by atoms with E-state index in [2.05, 4.69) is 30.7 Å². The van der Waals surface area contributed by atoms with Gasteiger partial charge in [-0.3, -0.25) is 4.98 Å². The molecule has 11 heteroatoms. The van der Waals surface area contributed by atoms with E-state index in [1.165, 1.54) is 0 Å². The number of aromatic nitrogens is 5. The zero-order valence-electron chi connectivity index (χ0n) is 22.8. The average molecular weight is 552 g/mol. The Bertz CT molecular complexity index is 1640. The van der Waals surface area contributed by atoms with Crippen LogP contribution in [0.5, 0.6) is 0 Å². The molecule has 4 heterocycles. The fourth-order valence-corrected chi connectivity index (χ4v) is 4.80. The molecule has 5 aromatic rings. The van der Waals surface area contributed by atoms with Crippen molar-refractivity contribution in [1.82, 2.24) is 25.1 Å².